The molecule has 5 heteroatoms. The molecule has 5 nitrogen and oxygen atoms in total. The van der Waals surface area contributed by atoms with E-state index >= 15 is 0 Å². The summed E-state index contributed by atoms with van der Waals surface area (Å²) in [6.07, 6.45) is 3.31. The van der Waals surface area contributed by atoms with E-state index in [0.717, 1.165) is 30.8 Å². The summed E-state index contributed by atoms with van der Waals surface area (Å²) in [7, 11) is 0. The molecule has 1 aromatic heterocycles. The lowest BCUT2D eigenvalue weighted by Gasteiger charge is -2.05. The summed E-state index contributed by atoms with van der Waals surface area (Å²) in [6.45, 7) is 6.24. The van der Waals surface area contributed by atoms with Crippen LogP contribution in [0.3, 0.4) is 0 Å². The van der Waals surface area contributed by atoms with Crippen molar-refractivity contribution < 1.29 is 4.79 Å². The first-order valence-corrected chi connectivity index (χ1v) is 5.70. The highest BCUT2D eigenvalue weighted by Gasteiger charge is 2.01. The zero-order chi connectivity index (χ0) is 11.8. The summed E-state index contributed by atoms with van der Waals surface area (Å²) in [5, 5.41) is 12.9. The Kier molecular flexibility index (Phi) is 5.56. The Balaban J connectivity index is 2.08. The number of nitrogens with one attached hydrogen (secondary N) is 3. The molecular formula is C11H20N4O. The van der Waals surface area contributed by atoms with Crippen LogP contribution in [0.15, 0.2) is 6.20 Å². The second kappa shape index (κ2) is 7.00. The fourth-order valence-electron chi connectivity index (χ4n) is 1.33. The van der Waals surface area contributed by atoms with Gasteiger partial charge in [-0.2, -0.15) is 5.10 Å². The minimum absolute atomic E-state index is 0.110. The number of aromatic amines is 1. The number of H-pyrrole nitrogens is 1. The molecule has 0 radical (unpaired) electrons. The minimum Gasteiger partial charge on any atom is -0.356 e. The van der Waals surface area contributed by atoms with E-state index in [1.165, 1.54) is 0 Å². The van der Waals surface area contributed by atoms with E-state index in [9.17, 15) is 4.79 Å². The van der Waals surface area contributed by atoms with Crippen molar-refractivity contribution in [2.24, 2.45) is 0 Å². The molecule has 90 valence electrons. The average Bonchev–Trinajstić information content (AvgIpc) is 2.67. The van der Waals surface area contributed by atoms with Crippen molar-refractivity contribution in [3.8, 4) is 0 Å². The maximum atomic E-state index is 11.3. The number of aryl methyl sites for hydroxylation is 1. The van der Waals surface area contributed by atoms with Gasteiger partial charge in [0.1, 0.15) is 0 Å². The Hall–Kier alpha value is -1.36. The number of rotatable bonds is 7. The lowest BCUT2D eigenvalue weighted by Crippen LogP contribution is -2.28. The van der Waals surface area contributed by atoms with Crippen LogP contribution in [0.5, 0.6) is 0 Å². The molecule has 0 atom stereocenters. The lowest BCUT2D eigenvalue weighted by atomic mass is 10.2. The van der Waals surface area contributed by atoms with E-state index in [1.54, 1.807) is 6.20 Å². The van der Waals surface area contributed by atoms with Crippen LogP contribution in [0.1, 0.15) is 31.0 Å². The first kappa shape index (κ1) is 12.7. The van der Waals surface area contributed by atoms with Crippen molar-refractivity contribution in [3.63, 3.8) is 0 Å². The first-order chi connectivity index (χ1) is 7.74. The van der Waals surface area contributed by atoms with Crippen LogP contribution >= 0.6 is 0 Å². The molecule has 16 heavy (non-hydrogen) atoms. The number of hydrogen-bond donors (Lipinski definition) is 3. The zero-order valence-corrected chi connectivity index (χ0v) is 9.97. The summed E-state index contributed by atoms with van der Waals surface area (Å²) in [5.74, 6) is 0.110. The molecule has 1 aromatic rings. The van der Waals surface area contributed by atoms with Gasteiger partial charge in [0.25, 0.3) is 0 Å². The molecule has 3 N–H and O–H groups in total. The third-order valence-electron chi connectivity index (χ3n) is 2.35. The van der Waals surface area contributed by atoms with E-state index < -0.39 is 0 Å². The largest absolute Gasteiger partial charge is 0.356 e. The summed E-state index contributed by atoms with van der Waals surface area (Å²) < 4.78 is 0. The topological polar surface area (TPSA) is 69.8 Å². The van der Waals surface area contributed by atoms with Gasteiger partial charge in [-0.25, -0.2) is 0 Å². The molecule has 1 heterocycles. The van der Waals surface area contributed by atoms with E-state index in [0.29, 0.717) is 13.0 Å². The Bertz CT molecular complexity index is 322. The van der Waals surface area contributed by atoms with Crippen molar-refractivity contribution >= 4 is 5.91 Å². The molecule has 0 saturated heterocycles. The Morgan fingerprint density at radius 1 is 1.50 bits per heavy atom. The normalized spacial score (nSPS) is 10.4. The molecule has 0 bridgehead atoms. The summed E-state index contributed by atoms with van der Waals surface area (Å²) in [6, 6.07) is 0. The van der Waals surface area contributed by atoms with Crippen molar-refractivity contribution in [1.82, 2.24) is 20.8 Å². The van der Waals surface area contributed by atoms with Crippen LogP contribution in [-0.2, 0) is 11.3 Å². The van der Waals surface area contributed by atoms with Crippen LogP contribution in [0.2, 0.25) is 0 Å². The molecule has 0 aliphatic heterocycles. The highest BCUT2D eigenvalue weighted by atomic mass is 16.1. The second-order valence-electron chi connectivity index (χ2n) is 3.80. The number of carbonyl (C=O) groups excluding carboxylic acids is 1. The molecule has 1 amide bonds. The molecule has 0 saturated carbocycles. The average molecular weight is 224 g/mol. The predicted molar refractivity (Wildman–Crippen MR) is 62.9 cm³/mol. The van der Waals surface area contributed by atoms with Crippen molar-refractivity contribution in [1.29, 1.82) is 0 Å². The van der Waals surface area contributed by atoms with Crippen molar-refractivity contribution in [2.75, 3.05) is 13.1 Å². The van der Waals surface area contributed by atoms with Crippen molar-refractivity contribution in [3.05, 3.63) is 17.5 Å². The van der Waals surface area contributed by atoms with Crippen LogP contribution in [0.4, 0.5) is 0 Å². The predicted octanol–water partition coefficient (Wildman–Crippen LogP) is 0.724. The summed E-state index contributed by atoms with van der Waals surface area (Å²) in [5.41, 5.74) is 2.22. The Morgan fingerprint density at radius 2 is 2.31 bits per heavy atom. The Labute approximate surface area is 96.0 Å². The van der Waals surface area contributed by atoms with Gasteiger partial charge in [0, 0.05) is 37.3 Å². The lowest BCUT2D eigenvalue weighted by molar-refractivity contribution is -0.120. The fourth-order valence-corrected chi connectivity index (χ4v) is 1.33. The molecule has 1 rings (SSSR count). The number of nitrogens with zero attached hydrogens (tertiary/aromatic N) is 1. The van der Waals surface area contributed by atoms with Gasteiger partial charge in [-0.3, -0.25) is 9.89 Å². The number of carbonyl (C=O) groups is 1. The van der Waals surface area contributed by atoms with Gasteiger partial charge < -0.3 is 10.6 Å². The molecule has 0 aliphatic rings. The zero-order valence-electron chi connectivity index (χ0n) is 9.97. The highest BCUT2D eigenvalue weighted by Crippen LogP contribution is 2.00. The molecule has 0 aromatic carbocycles. The quantitative estimate of drug-likeness (QED) is 0.598. The standard InChI is InChI=1S/C11H20N4O/c1-3-5-13-11(16)4-6-12-7-10-8-14-15-9(10)2/h8,12H,3-7H2,1-2H3,(H,13,16)(H,14,15). The highest BCUT2D eigenvalue weighted by molar-refractivity contribution is 5.75. The monoisotopic (exact) mass is 224 g/mol. The number of aromatic nitrogens is 2. The van der Waals surface area contributed by atoms with Crippen molar-refractivity contribution in [2.45, 2.75) is 33.2 Å². The SMILES string of the molecule is CCCNC(=O)CCNCc1cn[nH]c1C. The molecule has 0 spiro atoms. The third kappa shape index (κ3) is 4.44. The van der Waals surface area contributed by atoms with Crippen LogP contribution in [0, 0.1) is 6.92 Å². The van der Waals surface area contributed by atoms with Crippen LogP contribution in [-0.4, -0.2) is 29.2 Å². The van der Waals surface area contributed by atoms with Gasteiger partial charge in [0.2, 0.25) is 5.91 Å². The summed E-state index contributed by atoms with van der Waals surface area (Å²) >= 11 is 0. The van der Waals surface area contributed by atoms with Crippen LogP contribution < -0.4 is 10.6 Å². The van der Waals surface area contributed by atoms with Gasteiger partial charge in [0.05, 0.1) is 6.20 Å². The third-order valence-corrected chi connectivity index (χ3v) is 2.35. The van der Waals surface area contributed by atoms with E-state index in [-0.39, 0.29) is 5.91 Å². The van der Waals surface area contributed by atoms with E-state index in [1.807, 2.05) is 13.8 Å². The second-order valence-corrected chi connectivity index (χ2v) is 3.80. The van der Waals surface area contributed by atoms with Gasteiger partial charge in [-0.05, 0) is 13.3 Å². The van der Waals surface area contributed by atoms with E-state index in [2.05, 4.69) is 20.8 Å². The fraction of sp³-hybridized carbons (Fsp3) is 0.636. The number of amides is 1. The smallest absolute Gasteiger partial charge is 0.221 e. The molecule has 0 aliphatic carbocycles. The molecular weight excluding hydrogens is 204 g/mol. The van der Waals surface area contributed by atoms with Gasteiger partial charge >= 0.3 is 0 Å². The minimum atomic E-state index is 0.110. The van der Waals surface area contributed by atoms with E-state index in [4.69, 9.17) is 0 Å². The Morgan fingerprint density at radius 3 is 2.94 bits per heavy atom. The van der Waals surface area contributed by atoms with Crippen LogP contribution in [0.25, 0.3) is 0 Å². The van der Waals surface area contributed by atoms with Gasteiger partial charge in [0.15, 0.2) is 0 Å². The van der Waals surface area contributed by atoms with Gasteiger partial charge in [-0.15, -0.1) is 0 Å². The molecule has 0 unspecified atom stereocenters. The first-order valence-electron chi connectivity index (χ1n) is 5.70. The maximum absolute atomic E-state index is 11.3. The number of hydrogen-bond acceptors (Lipinski definition) is 3. The summed E-state index contributed by atoms with van der Waals surface area (Å²) in [4.78, 5) is 11.3. The van der Waals surface area contributed by atoms with Gasteiger partial charge in [-0.1, -0.05) is 6.92 Å². The molecule has 0 fully saturated rings. The maximum Gasteiger partial charge on any atom is 0.221 e.